The second kappa shape index (κ2) is 10.3. The van der Waals surface area contributed by atoms with Gasteiger partial charge in [0.1, 0.15) is 5.82 Å². The van der Waals surface area contributed by atoms with Crippen LogP contribution in [0.15, 0.2) is 78.9 Å². The zero-order valence-corrected chi connectivity index (χ0v) is 19.7. The first kappa shape index (κ1) is 23.2. The van der Waals surface area contributed by atoms with E-state index < -0.39 is 0 Å². The van der Waals surface area contributed by atoms with Crippen LogP contribution in [0, 0.1) is 18.7 Å². The molecule has 3 aromatic rings. The lowest BCUT2D eigenvalue weighted by atomic mass is 9.86. The maximum absolute atomic E-state index is 13.8. The van der Waals surface area contributed by atoms with Gasteiger partial charge in [-0.15, -0.1) is 0 Å². The predicted molar refractivity (Wildman–Crippen MR) is 132 cm³/mol. The number of carbonyl (C=O) groups excluding carboxylic acids is 1. The highest BCUT2D eigenvalue weighted by Crippen LogP contribution is 2.36. The van der Waals surface area contributed by atoms with Crippen molar-refractivity contribution in [1.82, 2.24) is 9.80 Å². The van der Waals surface area contributed by atoms with Crippen LogP contribution >= 0.6 is 0 Å². The lowest BCUT2D eigenvalue weighted by molar-refractivity contribution is 0.0668. The Hall–Kier alpha value is -2.98. The van der Waals surface area contributed by atoms with Gasteiger partial charge in [0, 0.05) is 43.7 Å². The topological polar surface area (TPSA) is 23.6 Å². The third kappa shape index (κ3) is 5.51. The molecule has 2 unspecified atom stereocenters. The van der Waals surface area contributed by atoms with Crippen LogP contribution in [-0.2, 0) is 6.54 Å². The minimum atomic E-state index is -0.196. The van der Waals surface area contributed by atoms with Crippen molar-refractivity contribution in [3.63, 3.8) is 0 Å². The standard InChI is InChI=1S/C29H33FN2O/c1-21(2)32(29(33)24-12-5-4-6-13-24)19-25-18-31(17-23-11-9-14-26(30)16-23)20-28(25)27-15-8-7-10-22(27)3/h4-16,21,25,28H,17-20H2,1-3H3. The second-order valence-corrected chi connectivity index (χ2v) is 9.46. The molecule has 0 saturated carbocycles. The molecule has 0 spiro atoms. The lowest BCUT2D eigenvalue weighted by Gasteiger charge is -2.32. The molecule has 1 aliphatic heterocycles. The molecule has 0 aliphatic carbocycles. The molecule has 1 fully saturated rings. The minimum Gasteiger partial charge on any atom is -0.336 e. The summed E-state index contributed by atoms with van der Waals surface area (Å²) in [6, 6.07) is 25.1. The number of rotatable bonds is 7. The molecule has 0 radical (unpaired) electrons. The van der Waals surface area contributed by atoms with Crippen molar-refractivity contribution < 1.29 is 9.18 Å². The summed E-state index contributed by atoms with van der Waals surface area (Å²) >= 11 is 0. The Balaban J connectivity index is 1.59. The van der Waals surface area contributed by atoms with Gasteiger partial charge in [0.2, 0.25) is 0 Å². The van der Waals surface area contributed by atoms with Crippen molar-refractivity contribution >= 4 is 5.91 Å². The Labute approximate surface area is 196 Å². The van der Waals surface area contributed by atoms with Gasteiger partial charge in [-0.2, -0.15) is 0 Å². The van der Waals surface area contributed by atoms with E-state index in [0.717, 1.165) is 24.2 Å². The van der Waals surface area contributed by atoms with Gasteiger partial charge in [-0.25, -0.2) is 4.39 Å². The average Bonchev–Trinajstić information content (AvgIpc) is 3.19. The van der Waals surface area contributed by atoms with Crippen LogP contribution in [0.1, 0.15) is 46.8 Å². The zero-order valence-electron chi connectivity index (χ0n) is 19.7. The summed E-state index contributed by atoms with van der Waals surface area (Å²) in [6.45, 7) is 9.52. The van der Waals surface area contributed by atoms with Gasteiger partial charge in [0.15, 0.2) is 0 Å². The number of nitrogens with zero attached hydrogens (tertiary/aromatic N) is 2. The van der Waals surface area contributed by atoms with Crippen molar-refractivity contribution in [2.45, 2.75) is 39.3 Å². The number of hydrogen-bond donors (Lipinski definition) is 0. The van der Waals surface area contributed by atoms with Crippen LogP contribution in [0.5, 0.6) is 0 Å². The quantitative estimate of drug-likeness (QED) is 0.453. The normalized spacial score (nSPS) is 18.6. The molecule has 1 amide bonds. The molecular weight excluding hydrogens is 411 g/mol. The van der Waals surface area contributed by atoms with E-state index in [1.165, 1.54) is 17.2 Å². The fourth-order valence-corrected chi connectivity index (χ4v) is 5.05. The predicted octanol–water partition coefficient (Wildman–Crippen LogP) is 5.90. The van der Waals surface area contributed by atoms with E-state index in [-0.39, 0.29) is 17.8 Å². The number of likely N-dealkylation sites (tertiary alicyclic amines) is 1. The van der Waals surface area contributed by atoms with Gasteiger partial charge in [-0.1, -0.05) is 54.6 Å². The number of benzene rings is 3. The third-order valence-corrected chi connectivity index (χ3v) is 6.74. The molecule has 4 rings (SSSR count). The Morgan fingerprint density at radius 1 is 1.00 bits per heavy atom. The molecule has 0 bridgehead atoms. The summed E-state index contributed by atoms with van der Waals surface area (Å²) in [6.07, 6.45) is 0. The highest BCUT2D eigenvalue weighted by Gasteiger charge is 2.37. The number of amides is 1. The van der Waals surface area contributed by atoms with Crippen LogP contribution in [-0.4, -0.2) is 41.4 Å². The lowest BCUT2D eigenvalue weighted by Crippen LogP contribution is -2.42. The maximum atomic E-state index is 13.8. The molecule has 0 N–H and O–H groups in total. The molecule has 3 nitrogen and oxygen atoms in total. The molecule has 1 heterocycles. The van der Waals surface area contributed by atoms with Crippen molar-refractivity contribution in [1.29, 1.82) is 0 Å². The van der Waals surface area contributed by atoms with Crippen LogP contribution in [0.2, 0.25) is 0 Å². The Morgan fingerprint density at radius 2 is 1.73 bits per heavy atom. The van der Waals surface area contributed by atoms with Gasteiger partial charge >= 0.3 is 0 Å². The molecular formula is C29H33FN2O. The smallest absolute Gasteiger partial charge is 0.254 e. The van der Waals surface area contributed by atoms with E-state index >= 15 is 0 Å². The van der Waals surface area contributed by atoms with Crippen molar-refractivity contribution in [2.24, 2.45) is 5.92 Å². The van der Waals surface area contributed by atoms with Gasteiger partial charge in [-0.3, -0.25) is 9.69 Å². The first-order valence-electron chi connectivity index (χ1n) is 11.8. The fourth-order valence-electron chi connectivity index (χ4n) is 5.05. The minimum absolute atomic E-state index is 0.0812. The van der Waals surface area contributed by atoms with Crippen LogP contribution in [0.3, 0.4) is 0 Å². The molecule has 1 saturated heterocycles. The van der Waals surface area contributed by atoms with E-state index in [9.17, 15) is 9.18 Å². The molecule has 4 heteroatoms. The van der Waals surface area contributed by atoms with Gasteiger partial charge in [0.05, 0.1) is 0 Å². The van der Waals surface area contributed by atoms with E-state index in [1.54, 1.807) is 12.1 Å². The Morgan fingerprint density at radius 3 is 2.42 bits per heavy atom. The Kier molecular flexibility index (Phi) is 7.24. The van der Waals surface area contributed by atoms with Crippen molar-refractivity contribution in [3.8, 4) is 0 Å². The number of halogens is 1. The molecule has 172 valence electrons. The van der Waals surface area contributed by atoms with Gasteiger partial charge in [0.25, 0.3) is 5.91 Å². The third-order valence-electron chi connectivity index (χ3n) is 6.74. The van der Waals surface area contributed by atoms with Gasteiger partial charge < -0.3 is 4.90 Å². The monoisotopic (exact) mass is 444 g/mol. The van der Waals surface area contributed by atoms with E-state index in [0.29, 0.717) is 24.9 Å². The van der Waals surface area contributed by atoms with Crippen molar-refractivity contribution in [3.05, 3.63) is 107 Å². The number of hydrogen-bond acceptors (Lipinski definition) is 2. The largest absolute Gasteiger partial charge is 0.336 e. The first-order valence-corrected chi connectivity index (χ1v) is 11.8. The maximum Gasteiger partial charge on any atom is 0.254 e. The van der Waals surface area contributed by atoms with Crippen molar-refractivity contribution in [2.75, 3.05) is 19.6 Å². The number of aryl methyl sites for hydroxylation is 1. The van der Waals surface area contributed by atoms with Crippen LogP contribution in [0.25, 0.3) is 0 Å². The highest BCUT2D eigenvalue weighted by atomic mass is 19.1. The summed E-state index contributed by atoms with van der Waals surface area (Å²) in [4.78, 5) is 17.8. The highest BCUT2D eigenvalue weighted by molar-refractivity contribution is 5.94. The number of carbonyl (C=O) groups is 1. The molecule has 33 heavy (non-hydrogen) atoms. The summed E-state index contributed by atoms with van der Waals surface area (Å²) in [7, 11) is 0. The van der Waals surface area contributed by atoms with E-state index in [4.69, 9.17) is 0 Å². The molecule has 1 aliphatic rings. The summed E-state index contributed by atoms with van der Waals surface area (Å²) in [5.41, 5.74) is 4.35. The van der Waals surface area contributed by atoms with E-state index in [1.807, 2.05) is 41.3 Å². The molecule has 0 aromatic heterocycles. The fraction of sp³-hybridized carbons (Fsp3) is 0.345. The summed E-state index contributed by atoms with van der Waals surface area (Å²) in [5, 5.41) is 0. The second-order valence-electron chi connectivity index (χ2n) is 9.46. The molecule has 3 aromatic carbocycles. The Bertz CT molecular complexity index is 1080. The SMILES string of the molecule is Cc1ccccc1C1CN(Cc2cccc(F)c2)CC1CN(C(=O)c1ccccc1)C(C)C. The van der Waals surface area contributed by atoms with Crippen LogP contribution in [0.4, 0.5) is 4.39 Å². The summed E-state index contributed by atoms with van der Waals surface area (Å²) in [5.74, 6) is 0.509. The molecule has 2 atom stereocenters. The zero-order chi connectivity index (χ0) is 23.4. The first-order chi connectivity index (χ1) is 15.9. The average molecular weight is 445 g/mol. The van der Waals surface area contributed by atoms with Gasteiger partial charge in [-0.05, 0) is 67.6 Å². The van der Waals surface area contributed by atoms with E-state index in [2.05, 4.69) is 49.9 Å². The summed E-state index contributed by atoms with van der Waals surface area (Å²) < 4.78 is 13.8. The van der Waals surface area contributed by atoms with Crippen LogP contribution < -0.4 is 0 Å².